The van der Waals surface area contributed by atoms with Crippen LogP contribution in [0.25, 0.3) is 0 Å². The number of piperidine rings is 1. The molecule has 0 saturated carbocycles. The van der Waals surface area contributed by atoms with Gasteiger partial charge in [-0.05, 0) is 26.7 Å². The molecule has 3 rings (SSSR count). The van der Waals surface area contributed by atoms with Crippen LogP contribution in [-0.2, 0) is 26.1 Å². The van der Waals surface area contributed by atoms with Crippen LogP contribution < -0.4 is 0 Å². The molecule has 0 atom stereocenters. The minimum absolute atomic E-state index is 0.0533. The molecule has 0 N–H and O–H groups in total. The normalized spacial score (nSPS) is 16.9. The zero-order valence-electron chi connectivity index (χ0n) is 15.7. The van der Waals surface area contributed by atoms with Crippen molar-refractivity contribution < 1.29 is 26.9 Å². The van der Waals surface area contributed by atoms with E-state index < -0.39 is 10.0 Å². The van der Waals surface area contributed by atoms with Crippen LogP contribution in [0.5, 0.6) is 0 Å². The summed E-state index contributed by atoms with van der Waals surface area (Å²) in [5.74, 6) is 1.37. The largest absolute Gasteiger partial charge is 0.382 e. The summed E-state index contributed by atoms with van der Waals surface area (Å²) in [5, 5.41) is 7.76. The van der Waals surface area contributed by atoms with E-state index in [1.54, 1.807) is 21.0 Å². The van der Waals surface area contributed by atoms with E-state index in [2.05, 4.69) is 15.3 Å². The lowest BCUT2D eigenvalue weighted by Crippen LogP contribution is -2.38. The van der Waals surface area contributed by atoms with Gasteiger partial charge in [-0.15, -0.1) is 0 Å². The van der Waals surface area contributed by atoms with Crippen LogP contribution >= 0.6 is 0 Å². The number of hydrogen-bond donors (Lipinski definition) is 0. The van der Waals surface area contributed by atoms with E-state index in [9.17, 15) is 8.42 Å². The molecule has 150 valence electrons. The summed E-state index contributed by atoms with van der Waals surface area (Å²) >= 11 is 0. The van der Waals surface area contributed by atoms with Gasteiger partial charge in [-0.25, -0.2) is 8.42 Å². The second kappa shape index (κ2) is 8.46. The molecule has 2 aromatic rings. The Morgan fingerprint density at radius 2 is 1.89 bits per heavy atom. The van der Waals surface area contributed by atoms with Gasteiger partial charge < -0.3 is 18.5 Å². The van der Waals surface area contributed by atoms with Gasteiger partial charge in [0.1, 0.15) is 17.2 Å². The third-order valence-corrected chi connectivity index (χ3v) is 6.67. The van der Waals surface area contributed by atoms with E-state index in [1.165, 1.54) is 4.31 Å². The Bertz CT molecular complexity index is 835. The Hall–Kier alpha value is -1.82. The summed E-state index contributed by atoms with van der Waals surface area (Å²) in [6, 6.07) is 0. The van der Waals surface area contributed by atoms with Gasteiger partial charge >= 0.3 is 0 Å². The van der Waals surface area contributed by atoms with Gasteiger partial charge in [0, 0.05) is 26.1 Å². The predicted octanol–water partition coefficient (Wildman–Crippen LogP) is 1.41. The molecule has 11 heteroatoms. The third kappa shape index (κ3) is 4.37. The van der Waals surface area contributed by atoms with E-state index in [1.807, 2.05) is 0 Å². The highest BCUT2D eigenvalue weighted by molar-refractivity contribution is 7.89. The first-order chi connectivity index (χ1) is 12.9. The Morgan fingerprint density at radius 3 is 2.52 bits per heavy atom. The molecule has 0 unspecified atom stereocenters. The summed E-state index contributed by atoms with van der Waals surface area (Å²) < 4.78 is 47.7. The zero-order valence-corrected chi connectivity index (χ0v) is 16.5. The smallest absolute Gasteiger partial charge is 0.252 e. The molecule has 1 saturated heterocycles. The molecule has 0 aromatic carbocycles. The molecule has 0 spiro atoms. The number of aromatic nitrogens is 3. The van der Waals surface area contributed by atoms with Crippen molar-refractivity contribution in [3.63, 3.8) is 0 Å². The minimum Gasteiger partial charge on any atom is -0.382 e. The highest BCUT2D eigenvalue weighted by Gasteiger charge is 2.35. The lowest BCUT2D eigenvalue weighted by Gasteiger charge is -2.29. The first-order valence-electron chi connectivity index (χ1n) is 8.75. The highest BCUT2D eigenvalue weighted by atomic mass is 32.2. The second-order valence-electron chi connectivity index (χ2n) is 6.42. The molecular weight excluding hydrogens is 376 g/mol. The van der Waals surface area contributed by atoms with E-state index in [0.717, 1.165) is 0 Å². The molecule has 1 fully saturated rings. The van der Waals surface area contributed by atoms with Gasteiger partial charge in [0.15, 0.2) is 11.6 Å². The Balaban J connectivity index is 1.58. The van der Waals surface area contributed by atoms with Crippen LogP contribution in [0.4, 0.5) is 0 Å². The van der Waals surface area contributed by atoms with Crippen molar-refractivity contribution in [1.82, 2.24) is 19.6 Å². The molecule has 1 aliphatic heterocycles. The first kappa shape index (κ1) is 19.9. The van der Waals surface area contributed by atoms with Crippen molar-refractivity contribution in [2.45, 2.75) is 44.1 Å². The Labute approximate surface area is 157 Å². The number of hydrogen-bond acceptors (Lipinski definition) is 9. The van der Waals surface area contributed by atoms with E-state index in [0.29, 0.717) is 62.3 Å². The van der Waals surface area contributed by atoms with Gasteiger partial charge in [-0.3, -0.25) is 0 Å². The van der Waals surface area contributed by atoms with Crippen LogP contribution in [0.3, 0.4) is 0 Å². The van der Waals surface area contributed by atoms with Gasteiger partial charge in [-0.1, -0.05) is 10.3 Å². The van der Waals surface area contributed by atoms with Gasteiger partial charge in [0.2, 0.25) is 10.0 Å². The maximum Gasteiger partial charge on any atom is 0.252 e. The number of nitrogens with zero attached hydrogens (tertiary/aromatic N) is 4. The van der Waals surface area contributed by atoms with Crippen molar-refractivity contribution in [2.75, 3.05) is 33.4 Å². The maximum absolute atomic E-state index is 12.9. The van der Waals surface area contributed by atoms with Crippen molar-refractivity contribution in [1.29, 1.82) is 0 Å². The highest BCUT2D eigenvalue weighted by Crippen LogP contribution is 2.31. The van der Waals surface area contributed by atoms with Crippen molar-refractivity contribution in [3.8, 4) is 0 Å². The van der Waals surface area contributed by atoms with Crippen LogP contribution in [0, 0.1) is 13.8 Å². The SMILES string of the molecule is COCCOCc1nc(C2CCN(S(=O)(=O)c3c(C)noc3C)CC2)no1. The lowest BCUT2D eigenvalue weighted by molar-refractivity contribution is 0.0494. The number of rotatable bonds is 8. The van der Waals surface area contributed by atoms with Crippen molar-refractivity contribution in [2.24, 2.45) is 0 Å². The van der Waals surface area contributed by atoms with Crippen LogP contribution in [0.15, 0.2) is 13.9 Å². The monoisotopic (exact) mass is 400 g/mol. The molecule has 3 heterocycles. The van der Waals surface area contributed by atoms with E-state index in [4.69, 9.17) is 18.5 Å². The Morgan fingerprint density at radius 1 is 1.15 bits per heavy atom. The fourth-order valence-electron chi connectivity index (χ4n) is 3.12. The summed E-state index contributed by atoms with van der Waals surface area (Å²) in [7, 11) is -2.01. The zero-order chi connectivity index (χ0) is 19.4. The molecule has 0 amide bonds. The third-order valence-electron chi connectivity index (χ3n) is 4.53. The molecule has 27 heavy (non-hydrogen) atoms. The Kier molecular flexibility index (Phi) is 6.25. The van der Waals surface area contributed by atoms with E-state index in [-0.39, 0.29) is 17.4 Å². The van der Waals surface area contributed by atoms with Gasteiger partial charge in [0.25, 0.3) is 5.89 Å². The van der Waals surface area contributed by atoms with Gasteiger partial charge in [-0.2, -0.15) is 9.29 Å². The van der Waals surface area contributed by atoms with Crippen LogP contribution in [-0.4, -0.2) is 61.4 Å². The number of ether oxygens (including phenoxy) is 2. The summed E-state index contributed by atoms with van der Waals surface area (Å²) in [6.07, 6.45) is 1.23. The number of methoxy groups -OCH3 is 1. The average Bonchev–Trinajstić information content (AvgIpc) is 3.25. The van der Waals surface area contributed by atoms with Gasteiger partial charge in [0.05, 0.1) is 13.2 Å². The molecule has 1 aliphatic rings. The summed E-state index contributed by atoms with van der Waals surface area (Å²) in [6.45, 7) is 5.18. The molecule has 10 nitrogen and oxygen atoms in total. The quantitative estimate of drug-likeness (QED) is 0.605. The molecule has 0 aliphatic carbocycles. The lowest BCUT2D eigenvalue weighted by atomic mass is 9.98. The number of sulfonamides is 1. The minimum atomic E-state index is -3.62. The second-order valence-corrected chi connectivity index (χ2v) is 8.30. The van der Waals surface area contributed by atoms with Crippen LogP contribution in [0.1, 0.15) is 41.9 Å². The molecule has 0 radical (unpaired) electrons. The fourth-order valence-corrected chi connectivity index (χ4v) is 4.88. The maximum atomic E-state index is 12.9. The standard InChI is InChI=1S/C16H24N4O6S/c1-11-15(12(2)25-18-11)27(21,22)20-6-4-13(5-7-20)16-17-14(26-19-16)10-24-9-8-23-3/h13H,4-10H2,1-3H3. The number of aryl methyl sites for hydroxylation is 2. The van der Waals surface area contributed by atoms with E-state index >= 15 is 0 Å². The van der Waals surface area contributed by atoms with Crippen molar-refractivity contribution in [3.05, 3.63) is 23.2 Å². The first-order valence-corrected chi connectivity index (χ1v) is 10.2. The predicted molar refractivity (Wildman–Crippen MR) is 92.5 cm³/mol. The molecule has 0 bridgehead atoms. The summed E-state index contributed by atoms with van der Waals surface area (Å²) in [4.78, 5) is 4.52. The molecule has 2 aromatic heterocycles. The van der Waals surface area contributed by atoms with Crippen LogP contribution in [0.2, 0.25) is 0 Å². The fraction of sp³-hybridized carbons (Fsp3) is 0.688. The molecular formula is C16H24N4O6S. The van der Waals surface area contributed by atoms with Crippen molar-refractivity contribution >= 4 is 10.0 Å². The topological polar surface area (TPSA) is 121 Å². The summed E-state index contributed by atoms with van der Waals surface area (Å²) in [5.41, 5.74) is 0.380. The average molecular weight is 400 g/mol.